The Kier molecular flexibility index (Phi) is 27.8. The van der Waals surface area contributed by atoms with Crippen molar-refractivity contribution in [2.45, 2.75) is 236 Å². The third kappa shape index (κ3) is 19.2. The number of rotatable bonds is 11. The van der Waals surface area contributed by atoms with Crippen LogP contribution in [0.3, 0.4) is 0 Å². The summed E-state index contributed by atoms with van der Waals surface area (Å²) in [6, 6.07) is -8.17. The number of hydrogen-bond donors (Lipinski definition) is 4. The second kappa shape index (κ2) is 34.1. The molecule has 0 aromatic heterocycles. The number of carbonyl (C=O) groups is 12. The predicted molar refractivity (Wildman–Crippen MR) is 357 cm³/mol. The fourth-order valence-corrected chi connectivity index (χ4v) is 14.8. The first kappa shape index (κ1) is 78.9. The van der Waals surface area contributed by atoms with Gasteiger partial charge in [0.1, 0.15) is 59.9 Å². The molecule has 28 heteroatoms. The van der Waals surface area contributed by atoms with Gasteiger partial charge in [-0.3, -0.25) is 57.5 Å². The quantitative estimate of drug-likeness (QED) is 0.224. The number of likely N-dealkylation sites (N-methyl/N-ethyl adjacent to an activating group) is 7. The molecule has 0 bridgehead atoms. The molecule has 1 spiro atoms. The Morgan fingerprint density at radius 2 is 1.31 bits per heavy atom. The van der Waals surface area contributed by atoms with Gasteiger partial charge in [-0.05, 0) is 113 Å². The van der Waals surface area contributed by atoms with Crippen molar-refractivity contribution in [1.29, 1.82) is 0 Å². The Hall–Kier alpha value is -7.06. The number of halogens is 4. The van der Waals surface area contributed by atoms with E-state index in [2.05, 4.69) is 21.3 Å². The number of nitrogens with zero attached hydrogens (tertiary/aromatic N) is 8. The maximum Gasteiger partial charge on any atom is 0.417 e. The van der Waals surface area contributed by atoms with Crippen LogP contribution in [-0.2, 0) is 70.1 Å². The van der Waals surface area contributed by atoms with Gasteiger partial charge in [0, 0.05) is 62.9 Å². The van der Waals surface area contributed by atoms with Crippen molar-refractivity contribution in [3.63, 3.8) is 0 Å². The molecule has 5 fully saturated rings. The van der Waals surface area contributed by atoms with Gasteiger partial charge >= 0.3 is 6.18 Å². The smallest absolute Gasteiger partial charge is 0.347 e. The minimum Gasteiger partial charge on any atom is -0.347 e. The van der Waals surface area contributed by atoms with Crippen LogP contribution in [0.5, 0.6) is 0 Å². The summed E-state index contributed by atoms with van der Waals surface area (Å²) in [5.74, 6) is -9.22. The van der Waals surface area contributed by atoms with Crippen LogP contribution >= 0.6 is 11.6 Å². The van der Waals surface area contributed by atoms with Gasteiger partial charge in [-0.15, -0.1) is 0 Å². The van der Waals surface area contributed by atoms with Gasteiger partial charge in [0.25, 0.3) is 0 Å². The van der Waals surface area contributed by atoms with E-state index in [0.29, 0.717) is 32.1 Å². The Balaban J connectivity index is 1.41. The second-order valence-electron chi connectivity index (χ2n) is 28.7. The lowest BCUT2D eigenvalue weighted by atomic mass is 9.84. The zero-order chi connectivity index (χ0) is 72.3. The van der Waals surface area contributed by atoms with Crippen molar-refractivity contribution in [2.24, 2.45) is 23.7 Å². The van der Waals surface area contributed by atoms with Crippen LogP contribution in [0.2, 0.25) is 5.02 Å². The largest absolute Gasteiger partial charge is 0.417 e. The summed E-state index contributed by atoms with van der Waals surface area (Å²) >= 11 is 6.10. The Bertz CT molecular complexity index is 3050. The van der Waals surface area contributed by atoms with Crippen molar-refractivity contribution in [2.75, 3.05) is 69.5 Å². The molecule has 2 saturated heterocycles. The van der Waals surface area contributed by atoms with Gasteiger partial charge in [0.15, 0.2) is 0 Å². The zero-order valence-electron chi connectivity index (χ0n) is 59.3. The number of fused-ring (bicyclic) bond motifs is 1. The summed E-state index contributed by atoms with van der Waals surface area (Å²) in [6.45, 7) is 9.69. The Morgan fingerprint density at radius 3 is 1.87 bits per heavy atom. The molecule has 542 valence electrons. The lowest BCUT2D eigenvalue weighted by Crippen LogP contribution is -2.65. The molecular formula is C69H106ClF3N12O12. The molecule has 10 atom stereocenters. The molecule has 24 nitrogen and oxygen atoms in total. The lowest BCUT2D eigenvalue weighted by molar-refractivity contribution is -0.160. The number of carbonyl (C=O) groups excluding carboxylic acids is 12. The van der Waals surface area contributed by atoms with Crippen molar-refractivity contribution in [1.82, 2.24) is 60.5 Å². The first-order valence-electron chi connectivity index (χ1n) is 34.6. The highest BCUT2D eigenvalue weighted by atomic mass is 35.5. The summed E-state index contributed by atoms with van der Waals surface area (Å²) < 4.78 is 41.3. The Labute approximate surface area is 574 Å². The Morgan fingerprint density at radius 1 is 0.691 bits per heavy atom. The van der Waals surface area contributed by atoms with Gasteiger partial charge in [-0.2, -0.15) is 13.2 Å². The SMILES string of the molecule is CC[C@H](C)[C@@H]1NC(=O)[C@H](CC(C)C)N(C)C(=O)C[C@@H](C(=O)N(C)C)N(C)C(=O)[C@H](C2CCCC2)N(C)C(=O)C2(CCCC2)NC(=O)[C@@H](C)NC(=O)[C@H](CCc2ccc(C(F)(F)F)c(Cl)c2)NC(=O)CN(C)C(=O)[C@H](CC2CCCCC2)N(C)C(=O)C2CCN2C(=O)[C@H](C)N(C)C1=O. The summed E-state index contributed by atoms with van der Waals surface area (Å²) in [5.41, 5.74) is -2.40. The van der Waals surface area contributed by atoms with E-state index in [4.69, 9.17) is 11.6 Å². The average Bonchev–Trinajstić information content (AvgIpc) is 1.76. The van der Waals surface area contributed by atoms with Crippen molar-refractivity contribution >= 4 is 82.5 Å². The number of hydrogen-bond acceptors (Lipinski definition) is 12. The van der Waals surface area contributed by atoms with Crippen LogP contribution in [0.25, 0.3) is 0 Å². The molecule has 97 heavy (non-hydrogen) atoms. The predicted octanol–water partition coefficient (Wildman–Crippen LogP) is 5.15. The normalized spacial score (nSPS) is 27.6. The third-order valence-electron chi connectivity index (χ3n) is 21.1. The number of aryl methyl sites for hydroxylation is 1. The molecule has 2 heterocycles. The van der Waals surface area contributed by atoms with Crippen molar-refractivity contribution in [3.05, 3.63) is 34.3 Å². The van der Waals surface area contributed by atoms with Crippen LogP contribution in [-0.4, -0.2) is 239 Å². The first-order valence-corrected chi connectivity index (χ1v) is 35.0. The molecular weight excluding hydrogens is 1280 g/mol. The van der Waals surface area contributed by atoms with Gasteiger partial charge in [0.2, 0.25) is 70.9 Å². The molecule has 2 aliphatic heterocycles. The maximum atomic E-state index is 15.4. The molecule has 4 N–H and O–H groups in total. The molecule has 1 aromatic carbocycles. The van der Waals surface area contributed by atoms with Crippen LogP contribution in [0.15, 0.2) is 18.2 Å². The molecule has 12 amide bonds. The van der Waals surface area contributed by atoms with E-state index < -0.39 is 172 Å². The molecule has 1 unspecified atom stereocenters. The van der Waals surface area contributed by atoms with Gasteiger partial charge in [0.05, 0.1) is 23.6 Å². The van der Waals surface area contributed by atoms with E-state index in [9.17, 15) is 61.1 Å². The number of alkyl halides is 3. The van der Waals surface area contributed by atoms with E-state index in [-0.39, 0.29) is 68.9 Å². The van der Waals surface area contributed by atoms with Gasteiger partial charge in [-0.1, -0.05) is 110 Å². The van der Waals surface area contributed by atoms with Crippen LogP contribution in [0.1, 0.15) is 175 Å². The van der Waals surface area contributed by atoms with E-state index >= 15 is 9.59 Å². The van der Waals surface area contributed by atoms with Gasteiger partial charge < -0.3 is 60.5 Å². The highest BCUT2D eigenvalue weighted by Gasteiger charge is 2.51. The monoisotopic (exact) mass is 1390 g/mol. The average molecular weight is 1390 g/mol. The molecule has 0 radical (unpaired) electrons. The zero-order valence-corrected chi connectivity index (χ0v) is 60.0. The van der Waals surface area contributed by atoms with Gasteiger partial charge in [-0.25, -0.2) is 0 Å². The number of benzene rings is 1. The molecule has 3 aliphatic carbocycles. The number of amides is 12. The van der Waals surface area contributed by atoms with E-state index in [0.717, 1.165) is 62.0 Å². The standard InChI is InChI=1S/C69H106ClF3N12O12/c1-15-41(4)56-65(95)80(10)43(6)61(91)85-34-31-50(85)64(94)82(12)52(37-44-23-17-16-18-24-44)63(93)79(9)39-54(86)75-49(30-28-45-27-29-47(48(70)36-45)69(71,72)73)59(89)74-42(5)58(88)77-68(32-21-22-33-68)67(97)84(14)57(46-25-19-20-26-46)66(96)83(13)53(62(92)78(7)8)38-55(87)81(11)51(35-40(2)3)60(90)76-56/h27,29,36,40-44,46,49-53,56-57H,15-26,28,30-35,37-39H2,1-14H3,(H,74,89)(H,75,86)(H,76,90)(H,77,88)/t41-,42+,43-,49-,50?,51-,52-,53-,56-,57-/m0/s1. The first-order chi connectivity index (χ1) is 45.5. The summed E-state index contributed by atoms with van der Waals surface area (Å²) in [6.07, 6.45) is 3.39. The lowest BCUT2D eigenvalue weighted by Gasteiger charge is -2.45. The fourth-order valence-electron chi connectivity index (χ4n) is 14.5. The van der Waals surface area contributed by atoms with E-state index in [1.54, 1.807) is 6.92 Å². The summed E-state index contributed by atoms with van der Waals surface area (Å²) in [5, 5.41) is 10.5. The van der Waals surface area contributed by atoms with Crippen molar-refractivity contribution < 1.29 is 70.7 Å². The minimum atomic E-state index is -4.76. The molecule has 1 aromatic rings. The highest BCUT2D eigenvalue weighted by molar-refractivity contribution is 6.31. The second-order valence-corrected chi connectivity index (χ2v) is 29.1. The van der Waals surface area contributed by atoms with Crippen molar-refractivity contribution in [3.8, 4) is 0 Å². The molecule has 6 rings (SSSR count). The topological polar surface area (TPSA) is 279 Å². The van der Waals surface area contributed by atoms with E-state index in [1.807, 2.05) is 20.8 Å². The summed E-state index contributed by atoms with van der Waals surface area (Å²) in [4.78, 5) is 187. The number of nitrogens with one attached hydrogen (secondary N) is 4. The molecule has 3 saturated carbocycles. The van der Waals surface area contributed by atoms with Crippen LogP contribution < -0.4 is 21.3 Å². The van der Waals surface area contributed by atoms with E-state index in [1.165, 1.54) is 111 Å². The minimum absolute atomic E-state index is 0.0185. The fraction of sp³-hybridized carbons (Fsp3) is 0.739. The highest BCUT2D eigenvalue weighted by Crippen LogP contribution is 2.38. The van der Waals surface area contributed by atoms with Crippen LogP contribution in [0.4, 0.5) is 13.2 Å². The molecule has 5 aliphatic rings. The summed E-state index contributed by atoms with van der Waals surface area (Å²) in [7, 11) is 11.5. The third-order valence-corrected chi connectivity index (χ3v) is 21.4. The maximum absolute atomic E-state index is 15.4. The van der Waals surface area contributed by atoms with Crippen LogP contribution in [0, 0.1) is 23.7 Å².